The summed E-state index contributed by atoms with van der Waals surface area (Å²) < 4.78 is 13.1. The summed E-state index contributed by atoms with van der Waals surface area (Å²) in [4.78, 5) is 29.1. The van der Waals surface area contributed by atoms with Crippen LogP contribution in [0, 0.1) is 0 Å². The van der Waals surface area contributed by atoms with Gasteiger partial charge in [-0.3, -0.25) is 4.79 Å². The second-order valence-electron chi connectivity index (χ2n) is 6.58. The molecule has 3 aromatic rings. The largest absolute Gasteiger partial charge is 0.481 e. The van der Waals surface area contributed by atoms with Crippen LogP contribution >= 0.6 is 31.9 Å². The van der Waals surface area contributed by atoms with Crippen molar-refractivity contribution in [1.82, 2.24) is 9.66 Å². The van der Waals surface area contributed by atoms with E-state index in [1.165, 1.54) is 4.68 Å². The Morgan fingerprint density at radius 2 is 2.00 bits per heavy atom. The Morgan fingerprint density at radius 1 is 1.19 bits per heavy atom. The lowest BCUT2D eigenvalue weighted by atomic mass is 10.2. The van der Waals surface area contributed by atoms with Crippen molar-refractivity contribution in [1.29, 1.82) is 0 Å². The van der Waals surface area contributed by atoms with Crippen molar-refractivity contribution in [2.24, 2.45) is 5.10 Å². The third kappa shape index (κ3) is 5.80. The molecule has 3 rings (SSSR count). The number of benzene rings is 2. The fraction of sp³-hybridized carbons (Fsp3) is 0.273. The van der Waals surface area contributed by atoms with Crippen LogP contribution in [0.5, 0.6) is 5.75 Å². The van der Waals surface area contributed by atoms with Crippen LogP contribution in [0.25, 0.3) is 10.9 Å². The van der Waals surface area contributed by atoms with E-state index in [4.69, 9.17) is 9.47 Å². The van der Waals surface area contributed by atoms with Crippen LogP contribution in [0.2, 0.25) is 0 Å². The van der Waals surface area contributed by atoms with Crippen molar-refractivity contribution >= 4 is 54.9 Å². The number of rotatable bonds is 8. The smallest absolute Gasteiger partial charge is 0.344 e. The molecule has 0 amide bonds. The summed E-state index contributed by atoms with van der Waals surface area (Å²) in [6, 6.07) is 10.7. The fourth-order valence-corrected chi connectivity index (χ4v) is 3.75. The van der Waals surface area contributed by atoms with Crippen LogP contribution in [0.15, 0.2) is 55.2 Å². The zero-order valence-electron chi connectivity index (χ0n) is 17.1. The molecule has 0 aliphatic heterocycles. The number of carbonyl (C=O) groups is 1. The molecule has 0 bridgehead atoms. The number of aromatic nitrogens is 2. The van der Waals surface area contributed by atoms with E-state index in [-0.39, 0.29) is 12.2 Å². The minimum atomic E-state index is -0.432. The third-order valence-corrected chi connectivity index (χ3v) is 5.39. The minimum absolute atomic E-state index is 0.173. The molecule has 0 aliphatic carbocycles. The van der Waals surface area contributed by atoms with Gasteiger partial charge in [0.05, 0.1) is 28.2 Å². The standard InChI is InChI=1S/C22H21Br2N3O4/c1-3-5-20-26-18-8-7-15(23)11-16(18)22(29)27(20)25-12-14-6-9-19(17(24)10-14)31-13-21(28)30-4-2/h6-12H,3-5,13H2,1-2H3. The highest BCUT2D eigenvalue weighted by Crippen LogP contribution is 2.25. The summed E-state index contributed by atoms with van der Waals surface area (Å²) in [6.07, 6.45) is 3.05. The molecule has 9 heteroatoms. The van der Waals surface area contributed by atoms with Crippen molar-refractivity contribution < 1.29 is 14.3 Å². The molecule has 0 spiro atoms. The van der Waals surface area contributed by atoms with E-state index >= 15 is 0 Å². The number of aryl methyl sites for hydroxylation is 1. The molecule has 1 aromatic heterocycles. The van der Waals surface area contributed by atoms with Gasteiger partial charge >= 0.3 is 5.97 Å². The van der Waals surface area contributed by atoms with Gasteiger partial charge in [-0.05, 0) is 71.2 Å². The van der Waals surface area contributed by atoms with Gasteiger partial charge in [0.1, 0.15) is 11.6 Å². The van der Waals surface area contributed by atoms with Gasteiger partial charge in [0.25, 0.3) is 5.56 Å². The zero-order valence-corrected chi connectivity index (χ0v) is 20.3. The first-order valence-electron chi connectivity index (χ1n) is 9.76. The maximum atomic E-state index is 13.0. The topological polar surface area (TPSA) is 82.8 Å². The maximum absolute atomic E-state index is 13.0. The van der Waals surface area contributed by atoms with Crippen molar-refractivity contribution in [3.63, 3.8) is 0 Å². The van der Waals surface area contributed by atoms with Gasteiger partial charge in [0.2, 0.25) is 0 Å². The van der Waals surface area contributed by atoms with E-state index in [0.717, 1.165) is 16.5 Å². The normalized spacial score (nSPS) is 11.2. The van der Waals surface area contributed by atoms with Gasteiger partial charge in [0.15, 0.2) is 6.61 Å². The van der Waals surface area contributed by atoms with E-state index in [0.29, 0.717) is 40.0 Å². The second kappa shape index (κ2) is 10.7. The average molecular weight is 551 g/mol. The van der Waals surface area contributed by atoms with Gasteiger partial charge in [-0.1, -0.05) is 22.9 Å². The molecule has 0 radical (unpaired) electrons. The number of esters is 1. The van der Waals surface area contributed by atoms with Gasteiger partial charge in [-0.15, -0.1) is 0 Å². The van der Waals surface area contributed by atoms with Gasteiger partial charge < -0.3 is 9.47 Å². The highest BCUT2D eigenvalue weighted by Gasteiger charge is 2.11. The Labute approximate surface area is 196 Å². The first-order valence-corrected chi connectivity index (χ1v) is 11.3. The molecule has 162 valence electrons. The Balaban J connectivity index is 1.89. The predicted molar refractivity (Wildman–Crippen MR) is 127 cm³/mol. The molecule has 0 saturated heterocycles. The van der Waals surface area contributed by atoms with Crippen molar-refractivity contribution in [2.45, 2.75) is 26.7 Å². The lowest BCUT2D eigenvalue weighted by Crippen LogP contribution is -2.22. The van der Waals surface area contributed by atoms with Crippen LogP contribution in [0.4, 0.5) is 0 Å². The Kier molecular flexibility index (Phi) is 7.97. The summed E-state index contributed by atoms with van der Waals surface area (Å²) in [7, 11) is 0. The third-order valence-electron chi connectivity index (χ3n) is 4.28. The van der Waals surface area contributed by atoms with E-state index in [9.17, 15) is 9.59 Å². The summed E-state index contributed by atoms with van der Waals surface area (Å²) in [5.74, 6) is 0.677. The first-order chi connectivity index (χ1) is 14.9. The van der Waals surface area contributed by atoms with Crippen molar-refractivity contribution in [3.05, 3.63) is 67.1 Å². The Bertz CT molecular complexity index is 1190. The SMILES string of the molecule is CCCc1nc2ccc(Br)cc2c(=O)n1N=Cc1ccc(OCC(=O)OCC)c(Br)c1. The van der Waals surface area contributed by atoms with Gasteiger partial charge in [-0.25, -0.2) is 9.78 Å². The van der Waals surface area contributed by atoms with Crippen LogP contribution < -0.4 is 10.3 Å². The van der Waals surface area contributed by atoms with E-state index in [1.807, 2.05) is 19.1 Å². The van der Waals surface area contributed by atoms with Gasteiger partial charge in [0, 0.05) is 10.9 Å². The Hall–Kier alpha value is -2.52. The molecule has 31 heavy (non-hydrogen) atoms. The van der Waals surface area contributed by atoms with Crippen LogP contribution in [-0.4, -0.2) is 35.1 Å². The van der Waals surface area contributed by atoms with Gasteiger partial charge in [-0.2, -0.15) is 9.78 Å². The molecule has 2 aromatic carbocycles. The van der Waals surface area contributed by atoms with E-state index in [1.54, 1.807) is 37.4 Å². The van der Waals surface area contributed by atoms with Crippen molar-refractivity contribution in [3.8, 4) is 5.75 Å². The molecule has 0 fully saturated rings. The summed E-state index contributed by atoms with van der Waals surface area (Å²) >= 11 is 6.83. The van der Waals surface area contributed by atoms with Crippen LogP contribution in [0.3, 0.4) is 0 Å². The molecule has 1 heterocycles. The molecule has 0 saturated carbocycles. The molecule has 0 atom stereocenters. The number of halogens is 2. The highest BCUT2D eigenvalue weighted by molar-refractivity contribution is 9.10. The summed E-state index contributed by atoms with van der Waals surface area (Å²) in [5.41, 5.74) is 1.17. The maximum Gasteiger partial charge on any atom is 0.344 e. The molecule has 0 N–H and O–H groups in total. The second-order valence-corrected chi connectivity index (χ2v) is 8.35. The number of hydrogen-bond acceptors (Lipinski definition) is 6. The van der Waals surface area contributed by atoms with Crippen LogP contribution in [0.1, 0.15) is 31.7 Å². The lowest BCUT2D eigenvalue weighted by molar-refractivity contribution is -0.145. The molecule has 7 nitrogen and oxygen atoms in total. The van der Waals surface area contributed by atoms with E-state index in [2.05, 4.69) is 41.9 Å². The summed E-state index contributed by atoms with van der Waals surface area (Å²) in [6.45, 7) is 3.90. The number of ether oxygens (including phenoxy) is 2. The molecular formula is C22H21Br2N3O4. The summed E-state index contributed by atoms with van der Waals surface area (Å²) in [5, 5.41) is 4.90. The lowest BCUT2D eigenvalue weighted by Gasteiger charge is -2.09. The molecule has 0 unspecified atom stereocenters. The predicted octanol–water partition coefficient (Wildman–Crippen LogP) is 4.70. The molecular weight excluding hydrogens is 530 g/mol. The monoisotopic (exact) mass is 549 g/mol. The van der Waals surface area contributed by atoms with E-state index < -0.39 is 5.97 Å². The average Bonchev–Trinajstić information content (AvgIpc) is 2.74. The quantitative estimate of drug-likeness (QED) is 0.300. The number of nitrogens with zero attached hydrogens (tertiary/aromatic N) is 3. The number of fused-ring (bicyclic) bond motifs is 1. The number of carbonyl (C=O) groups excluding carboxylic acids is 1. The fourth-order valence-electron chi connectivity index (χ4n) is 2.88. The minimum Gasteiger partial charge on any atom is -0.481 e. The first kappa shape index (κ1) is 23.1. The van der Waals surface area contributed by atoms with Crippen LogP contribution in [-0.2, 0) is 16.0 Å². The van der Waals surface area contributed by atoms with Crippen molar-refractivity contribution in [2.75, 3.05) is 13.2 Å². The highest BCUT2D eigenvalue weighted by atomic mass is 79.9. The Morgan fingerprint density at radius 3 is 2.71 bits per heavy atom. The number of hydrogen-bond donors (Lipinski definition) is 0. The molecule has 0 aliphatic rings. The zero-order chi connectivity index (χ0) is 22.4.